The first-order valence-corrected chi connectivity index (χ1v) is 9.76. The summed E-state index contributed by atoms with van der Waals surface area (Å²) >= 11 is 0. The zero-order valence-electron chi connectivity index (χ0n) is 15.9. The number of pyridine rings is 1. The minimum absolute atomic E-state index is 0.0858. The van der Waals surface area contributed by atoms with E-state index in [-0.39, 0.29) is 12.8 Å². The molecule has 0 radical (unpaired) electrons. The van der Waals surface area contributed by atoms with E-state index in [0.717, 1.165) is 28.3 Å². The van der Waals surface area contributed by atoms with Crippen LogP contribution in [0.3, 0.4) is 0 Å². The molecule has 0 N–H and O–H groups in total. The van der Waals surface area contributed by atoms with E-state index in [2.05, 4.69) is 20.5 Å². The molecule has 1 saturated heterocycles. The summed E-state index contributed by atoms with van der Waals surface area (Å²) in [5.41, 5.74) is 3.86. The van der Waals surface area contributed by atoms with Crippen LogP contribution in [-0.4, -0.2) is 43.1 Å². The molecule has 0 saturated carbocycles. The van der Waals surface area contributed by atoms with Crippen LogP contribution in [0, 0.1) is 0 Å². The van der Waals surface area contributed by atoms with E-state index >= 15 is 0 Å². The molecule has 0 spiro atoms. The maximum atomic E-state index is 13.5. The van der Waals surface area contributed by atoms with Gasteiger partial charge in [-0.05, 0) is 30.3 Å². The maximum absolute atomic E-state index is 13.5. The lowest BCUT2D eigenvalue weighted by molar-refractivity contribution is -0.0567. The first kappa shape index (κ1) is 18.0. The van der Waals surface area contributed by atoms with Crippen molar-refractivity contribution < 1.29 is 8.78 Å². The third kappa shape index (κ3) is 3.53. The van der Waals surface area contributed by atoms with Gasteiger partial charge in [0.1, 0.15) is 5.82 Å². The number of halogens is 2. The zero-order valence-corrected chi connectivity index (χ0v) is 15.9. The van der Waals surface area contributed by atoms with Gasteiger partial charge in [0.05, 0.1) is 16.9 Å². The Kier molecular flexibility index (Phi) is 4.39. The molecular formula is C22H21F2N5. The predicted molar refractivity (Wildman–Crippen MR) is 107 cm³/mol. The number of rotatable bonds is 4. The highest BCUT2D eigenvalue weighted by Crippen LogP contribution is 2.30. The molecule has 29 heavy (non-hydrogen) atoms. The summed E-state index contributed by atoms with van der Waals surface area (Å²) in [6.07, 6.45) is 5.47. The molecule has 1 aromatic carbocycles. The fourth-order valence-electron chi connectivity index (χ4n) is 3.88. The van der Waals surface area contributed by atoms with Crippen molar-refractivity contribution in [3.05, 3.63) is 72.8 Å². The molecule has 7 heteroatoms. The fourth-order valence-corrected chi connectivity index (χ4v) is 3.88. The van der Waals surface area contributed by atoms with Gasteiger partial charge in [0.15, 0.2) is 0 Å². The van der Waals surface area contributed by atoms with Crippen molar-refractivity contribution in [1.29, 1.82) is 0 Å². The first-order valence-electron chi connectivity index (χ1n) is 9.76. The normalized spacial score (nSPS) is 17.0. The molecule has 4 aromatic rings. The molecule has 0 aliphatic carbocycles. The van der Waals surface area contributed by atoms with Crippen LogP contribution in [0.2, 0.25) is 0 Å². The molecule has 3 aromatic heterocycles. The number of piperidine rings is 1. The van der Waals surface area contributed by atoms with Crippen LogP contribution in [-0.2, 0) is 6.54 Å². The predicted octanol–water partition coefficient (Wildman–Crippen LogP) is 4.42. The smallest absolute Gasteiger partial charge is 0.250 e. The van der Waals surface area contributed by atoms with Gasteiger partial charge in [0.2, 0.25) is 0 Å². The third-order valence-corrected chi connectivity index (χ3v) is 5.46. The van der Waals surface area contributed by atoms with Gasteiger partial charge in [-0.3, -0.25) is 9.30 Å². The van der Waals surface area contributed by atoms with E-state index in [9.17, 15) is 8.78 Å². The molecule has 0 amide bonds. The van der Waals surface area contributed by atoms with Crippen LogP contribution in [0.5, 0.6) is 0 Å². The van der Waals surface area contributed by atoms with Crippen LogP contribution < -0.4 is 0 Å². The molecule has 148 valence electrons. The van der Waals surface area contributed by atoms with E-state index in [0.29, 0.717) is 19.6 Å². The second-order valence-electron chi connectivity index (χ2n) is 7.47. The van der Waals surface area contributed by atoms with Crippen molar-refractivity contribution in [2.24, 2.45) is 0 Å². The number of aromatic nitrogens is 4. The number of hydrogen-bond acceptors (Lipinski definition) is 3. The van der Waals surface area contributed by atoms with Gasteiger partial charge in [-0.1, -0.05) is 18.2 Å². The van der Waals surface area contributed by atoms with Gasteiger partial charge in [-0.2, -0.15) is 5.10 Å². The molecule has 4 heterocycles. The summed E-state index contributed by atoms with van der Waals surface area (Å²) in [5.74, 6) is -1.70. The summed E-state index contributed by atoms with van der Waals surface area (Å²) in [6.45, 7) is 1.36. The standard InChI is InChI=1S/C22H21F2N5/c23-22(24)8-13-27(14-9-22)16-19-20-7-1-2-11-28(20)21(26-19)17-5-3-6-18(15-17)29-12-4-10-25-29/h1-7,10-12,15H,8-9,13-14,16H2. The van der Waals surface area contributed by atoms with Crippen molar-refractivity contribution in [3.63, 3.8) is 0 Å². The van der Waals surface area contributed by atoms with E-state index in [1.165, 1.54) is 0 Å². The van der Waals surface area contributed by atoms with Gasteiger partial charge in [-0.15, -0.1) is 0 Å². The molecule has 5 rings (SSSR count). The van der Waals surface area contributed by atoms with Crippen LogP contribution in [0.1, 0.15) is 18.5 Å². The second-order valence-corrected chi connectivity index (χ2v) is 7.47. The minimum Gasteiger partial charge on any atom is -0.299 e. The highest BCUT2D eigenvalue weighted by atomic mass is 19.3. The van der Waals surface area contributed by atoms with Crippen molar-refractivity contribution >= 4 is 5.52 Å². The largest absolute Gasteiger partial charge is 0.299 e. The fraction of sp³-hybridized carbons (Fsp3) is 0.273. The number of likely N-dealkylation sites (tertiary alicyclic amines) is 1. The lowest BCUT2D eigenvalue weighted by Crippen LogP contribution is -2.38. The van der Waals surface area contributed by atoms with Crippen molar-refractivity contribution in [2.75, 3.05) is 13.1 Å². The van der Waals surface area contributed by atoms with Gasteiger partial charge in [-0.25, -0.2) is 18.4 Å². The highest BCUT2D eigenvalue weighted by molar-refractivity contribution is 5.67. The third-order valence-electron chi connectivity index (χ3n) is 5.46. The van der Waals surface area contributed by atoms with E-state index in [1.54, 1.807) is 6.20 Å². The van der Waals surface area contributed by atoms with Crippen LogP contribution in [0.4, 0.5) is 8.78 Å². The van der Waals surface area contributed by atoms with Crippen molar-refractivity contribution in [2.45, 2.75) is 25.3 Å². The van der Waals surface area contributed by atoms with E-state index in [4.69, 9.17) is 4.98 Å². The molecule has 1 aliphatic heterocycles. The van der Waals surface area contributed by atoms with E-state index < -0.39 is 5.92 Å². The molecule has 1 fully saturated rings. The highest BCUT2D eigenvalue weighted by Gasteiger charge is 2.34. The summed E-state index contributed by atoms with van der Waals surface area (Å²) in [6, 6.07) is 15.9. The summed E-state index contributed by atoms with van der Waals surface area (Å²) in [7, 11) is 0. The number of benzene rings is 1. The molecule has 5 nitrogen and oxygen atoms in total. The molecule has 0 unspecified atom stereocenters. The second kappa shape index (κ2) is 7.08. The monoisotopic (exact) mass is 393 g/mol. The maximum Gasteiger partial charge on any atom is 0.250 e. The first-order chi connectivity index (χ1) is 14.1. The lowest BCUT2D eigenvalue weighted by atomic mass is 10.1. The van der Waals surface area contributed by atoms with Gasteiger partial charge in [0, 0.05) is 56.6 Å². The SMILES string of the molecule is FC1(F)CCN(Cc2nc(-c3cccc(-n4cccn4)c3)n3ccccc23)CC1. The Morgan fingerprint density at radius 1 is 0.966 bits per heavy atom. The molecular weight excluding hydrogens is 372 g/mol. The number of hydrogen-bond donors (Lipinski definition) is 0. The topological polar surface area (TPSA) is 38.4 Å². The number of fused-ring (bicyclic) bond motifs is 1. The van der Waals surface area contributed by atoms with Gasteiger partial charge in [0.25, 0.3) is 5.92 Å². The van der Waals surface area contributed by atoms with Crippen LogP contribution in [0.25, 0.3) is 22.6 Å². The Bertz CT molecular complexity index is 1120. The summed E-state index contributed by atoms with van der Waals surface area (Å²) in [4.78, 5) is 6.98. The van der Waals surface area contributed by atoms with Crippen LogP contribution >= 0.6 is 0 Å². The number of nitrogens with zero attached hydrogens (tertiary/aromatic N) is 5. The summed E-state index contributed by atoms with van der Waals surface area (Å²) in [5, 5.41) is 4.30. The lowest BCUT2D eigenvalue weighted by Gasteiger charge is -2.31. The Balaban J connectivity index is 1.50. The van der Waals surface area contributed by atoms with Crippen LogP contribution in [0.15, 0.2) is 67.1 Å². The van der Waals surface area contributed by atoms with Gasteiger partial charge >= 0.3 is 0 Å². The molecule has 0 bridgehead atoms. The number of imidazole rings is 1. The van der Waals surface area contributed by atoms with E-state index in [1.807, 2.05) is 59.5 Å². The zero-order chi connectivity index (χ0) is 19.8. The molecule has 0 atom stereocenters. The average Bonchev–Trinajstić information content (AvgIpc) is 3.39. The Hall–Kier alpha value is -3.06. The molecule has 1 aliphatic rings. The van der Waals surface area contributed by atoms with Gasteiger partial charge < -0.3 is 0 Å². The number of alkyl halides is 2. The van der Waals surface area contributed by atoms with Crippen molar-refractivity contribution in [3.8, 4) is 17.1 Å². The van der Waals surface area contributed by atoms with Crippen molar-refractivity contribution in [1.82, 2.24) is 24.1 Å². The summed E-state index contributed by atoms with van der Waals surface area (Å²) < 4.78 is 30.9. The Morgan fingerprint density at radius 2 is 1.83 bits per heavy atom. The minimum atomic E-state index is -2.54. The Labute approximate surface area is 167 Å². The quantitative estimate of drug-likeness (QED) is 0.515. The Morgan fingerprint density at radius 3 is 2.62 bits per heavy atom. The average molecular weight is 393 g/mol.